The first-order chi connectivity index (χ1) is 13.4. The minimum Gasteiger partial charge on any atom is -0.338 e. The van der Waals surface area contributed by atoms with Crippen molar-refractivity contribution in [1.82, 2.24) is 9.47 Å². The molecule has 1 atom stereocenters. The lowest BCUT2D eigenvalue weighted by atomic mass is 9.91. The zero-order valence-corrected chi connectivity index (χ0v) is 17.0. The Kier molecular flexibility index (Phi) is 6.32. The Bertz CT molecular complexity index is 902. The number of rotatable bonds is 5. The molecule has 28 heavy (non-hydrogen) atoms. The molecule has 0 N–H and O–H groups in total. The lowest BCUT2D eigenvalue weighted by Crippen LogP contribution is -2.43. The van der Waals surface area contributed by atoms with Gasteiger partial charge in [0.1, 0.15) is 11.4 Å². The van der Waals surface area contributed by atoms with Crippen LogP contribution in [0.1, 0.15) is 53.4 Å². The zero-order chi connectivity index (χ0) is 20.3. The van der Waals surface area contributed by atoms with Crippen LogP contribution in [0.15, 0.2) is 35.1 Å². The molecule has 0 saturated carbocycles. The minimum absolute atomic E-state index is 0.142. The third-order valence-corrected chi connectivity index (χ3v) is 5.80. The molecule has 2 aromatic rings. The molecule has 1 saturated heterocycles. The highest BCUT2D eigenvalue weighted by atomic mass is 19.1. The van der Waals surface area contributed by atoms with E-state index in [2.05, 4.69) is 0 Å². The molecule has 1 amide bonds. The van der Waals surface area contributed by atoms with Crippen molar-refractivity contribution >= 4 is 5.91 Å². The van der Waals surface area contributed by atoms with E-state index < -0.39 is 0 Å². The molecule has 1 aromatic heterocycles. The number of pyridine rings is 1. The van der Waals surface area contributed by atoms with E-state index in [-0.39, 0.29) is 17.3 Å². The number of nitrogens with zero attached hydrogens (tertiary/aromatic N) is 2. The zero-order valence-electron chi connectivity index (χ0n) is 17.0. The van der Waals surface area contributed by atoms with Gasteiger partial charge in [-0.15, -0.1) is 0 Å². The van der Waals surface area contributed by atoms with Gasteiger partial charge in [0.25, 0.3) is 11.5 Å². The lowest BCUT2D eigenvalue weighted by Gasteiger charge is -2.33. The summed E-state index contributed by atoms with van der Waals surface area (Å²) in [4.78, 5) is 27.8. The fraction of sp³-hybridized carbons (Fsp3) is 0.478. The summed E-state index contributed by atoms with van der Waals surface area (Å²) in [6, 6.07) is 8.55. The summed E-state index contributed by atoms with van der Waals surface area (Å²) in [7, 11) is 0. The average Bonchev–Trinajstić information content (AvgIpc) is 2.67. The predicted octanol–water partition coefficient (Wildman–Crippen LogP) is 4.11. The summed E-state index contributed by atoms with van der Waals surface area (Å²) in [6.07, 6.45) is 3.87. The lowest BCUT2D eigenvalue weighted by molar-refractivity contribution is 0.0665. The number of hydrogen-bond acceptors (Lipinski definition) is 2. The highest BCUT2D eigenvalue weighted by molar-refractivity contribution is 5.95. The van der Waals surface area contributed by atoms with Crippen LogP contribution in [0.3, 0.4) is 0 Å². The van der Waals surface area contributed by atoms with Gasteiger partial charge in [0.05, 0.1) is 0 Å². The minimum atomic E-state index is -0.218. The first-order valence-electron chi connectivity index (χ1n) is 10.2. The molecule has 1 aromatic carbocycles. The Morgan fingerprint density at radius 2 is 1.93 bits per heavy atom. The van der Waals surface area contributed by atoms with Crippen LogP contribution in [-0.2, 0) is 13.0 Å². The summed E-state index contributed by atoms with van der Waals surface area (Å²) < 4.78 is 14.7. The standard InChI is InChI=1S/C23H29FN2O2/c1-4-26-17(3)14-16(2)21(23(26)28)22(27)25-13-5-6-19(15-25)8-7-18-9-11-20(24)12-10-18/h9-12,14,19H,4-8,13,15H2,1-3H3. The molecule has 4 nitrogen and oxygen atoms in total. The van der Waals surface area contributed by atoms with Gasteiger partial charge in [-0.3, -0.25) is 9.59 Å². The first-order valence-corrected chi connectivity index (χ1v) is 10.2. The molecule has 150 valence electrons. The van der Waals surface area contributed by atoms with Gasteiger partial charge in [0, 0.05) is 25.3 Å². The molecule has 0 spiro atoms. The van der Waals surface area contributed by atoms with E-state index in [4.69, 9.17) is 0 Å². The molecule has 0 aliphatic carbocycles. The Balaban J connectivity index is 1.71. The number of aryl methyl sites for hydroxylation is 3. The highest BCUT2D eigenvalue weighted by Gasteiger charge is 2.27. The van der Waals surface area contributed by atoms with Crippen molar-refractivity contribution in [2.75, 3.05) is 13.1 Å². The van der Waals surface area contributed by atoms with Gasteiger partial charge in [-0.25, -0.2) is 4.39 Å². The second kappa shape index (κ2) is 8.72. The van der Waals surface area contributed by atoms with Gasteiger partial charge in [-0.05, 0) is 81.7 Å². The molecular formula is C23H29FN2O2. The van der Waals surface area contributed by atoms with Crippen LogP contribution in [0, 0.1) is 25.6 Å². The Hall–Kier alpha value is -2.43. The van der Waals surface area contributed by atoms with Crippen LogP contribution >= 0.6 is 0 Å². The van der Waals surface area contributed by atoms with Crippen LogP contribution in [0.25, 0.3) is 0 Å². The fourth-order valence-corrected chi connectivity index (χ4v) is 4.25. The number of piperidine rings is 1. The molecule has 1 aliphatic heterocycles. The molecular weight excluding hydrogens is 355 g/mol. The van der Waals surface area contributed by atoms with E-state index in [1.807, 2.05) is 43.9 Å². The van der Waals surface area contributed by atoms with Crippen molar-refractivity contribution in [3.05, 3.63) is 68.9 Å². The molecule has 3 rings (SSSR count). The third kappa shape index (κ3) is 4.34. The number of carbonyl (C=O) groups is 1. The van der Waals surface area contributed by atoms with Crippen LogP contribution in [0.2, 0.25) is 0 Å². The molecule has 0 radical (unpaired) electrons. The van der Waals surface area contributed by atoms with Gasteiger partial charge >= 0.3 is 0 Å². The number of amides is 1. The van der Waals surface area contributed by atoms with Gasteiger partial charge in [0.2, 0.25) is 0 Å². The van der Waals surface area contributed by atoms with Crippen molar-refractivity contribution in [2.45, 2.75) is 53.0 Å². The quantitative estimate of drug-likeness (QED) is 0.779. The molecule has 5 heteroatoms. The Morgan fingerprint density at radius 1 is 1.21 bits per heavy atom. The maximum Gasteiger partial charge on any atom is 0.263 e. The molecule has 2 heterocycles. The summed E-state index contributed by atoms with van der Waals surface area (Å²) in [5.74, 6) is 0.0440. The molecule has 0 bridgehead atoms. The maximum atomic E-state index is 13.1. The van der Waals surface area contributed by atoms with E-state index in [0.717, 1.165) is 42.5 Å². The van der Waals surface area contributed by atoms with Crippen molar-refractivity contribution in [2.24, 2.45) is 5.92 Å². The van der Waals surface area contributed by atoms with Crippen molar-refractivity contribution in [3.63, 3.8) is 0 Å². The van der Waals surface area contributed by atoms with E-state index in [1.165, 1.54) is 12.1 Å². The smallest absolute Gasteiger partial charge is 0.263 e. The summed E-state index contributed by atoms with van der Waals surface area (Å²) in [5.41, 5.74) is 2.89. The summed E-state index contributed by atoms with van der Waals surface area (Å²) in [6.45, 7) is 7.61. The summed E-state index contributed by atoms with van der Waals surface area (Å²) in [5, 5.41) is 0. The Labute approximate surface area is 166 Å². The SMILES string of the molecule is CCn1c(C)cc(C)c(C(=O)N2CCCC(CCc3ccc(F)cc3)C2)c1=O. The van der Waals surface area contributed by atoms with E-state index in [9.17, 15) is 14.0 Å². The van der Waals surface area contributed by atoms with Crippen molar-refractivity contribution < 1.29 is 9.18 Å². The number of halogens is 1. The first kappa shape index (κ1) is 20.3. The van der Waals surface area contributed by atoms with Crippen LogP contribution < -0.4 is 5.56 Å². The maximum absolute atomic E-state index is 13.1. The monoisotopic (exact) mass is 384 g/mol. The number of carbonyl (C=O) groups excluding carboxylic acids is 1. The normalized spacial score (nSPS) is 17.0. The summed E-state index contributed by atoms with van der Waals surface area (Å²) >= 11 is 0. The number of hydrogen-bond donors (Lipinski definition) is 0. The van der Waals surface area contributed by atoms with E-state index in [1.54, 1.807) is 4.57 Å². The number of aromatic nitrogens is 1. The average molecular weight is 384 g/mol. The topological polar surface area (TPSA) is 42.3 Å². The molecule has 1 unspecified atom stereocenters. The van der Waals surface area contributed by atoms with Crippen LogP contribution in [-0.4, -0.2) is 28.5 Å². The van der Waals surface area contributed by atoms with Crippen molar-refractivity contribution in [1.29, 1.82) is 0 Å². The third-order valence-electron chi connectivity index (χ3n) is 5.80. The largest absolute Gasteiger partial charge is 0.338 e. The van der Waals surface area contributed by atoms with Gasteiger partial charge in [-0.1, -0.05) is 12.1 Å². The predicted molar refractivity (Wildman–Crippen MR) is 109 cm³/mol. The van der Waals surface area contributed by atoms with E-state index in [0.29, 0.717) is 31.1 Å². The van der Waals surface area contributed by atoms with Gasteiger partial charge in [0.15, 0.2) is 0 Å². The number of benzene rings is 1. The fourth-order valence-electron chi connectivity index (χ4n) is 4.25. The van der Waals surface area contributed by atoms with Crippen LogP contribution in [0.5, 0.6) is 0 Å². The van der Waals surface area contributed by atoms with E-state index >= 15 is 0 Å². The molecule has 1 aliphatic rings. The Morgan fingerprint density at radius 3 is 2.61 bits per heavy atom. The second-order valence-corrected chi connectivity index (χ2v) is 7.82. The van der Waals surface area contributed by atoms with Gasteiger partial charge < -0.3 is 9.47 Å². The second-order valence-electron chi connectivity index (χ2n) is 7.82. The number of likely N-dealkylation sites (tertiary alicyclic amines) is 1. The highest BCUT2D eigenvalue weighted by Crippen LogP contribution is 2.23. The van der Waals surface area contributed by atoms with Gasteiger partial charge in [-0.2, -0.15) is 0 Å². The molecule has 1 fully saturated rings. The van der Waals surface area contributed by atoms with Crippen molar-refractivity contribution in [3.8, 4) is 0 Å². The van der Waals surface area contributed by atoms with Crippen LogP contribution in [0.4, 0.5) is 4.39 Å².